The number of imidazole rings is 1. The number of ether oxygens (including phenoxy) is 2. The highest BCUT2D eigenvalue weighted by Gasteiger charge is 2.14. The molecule has 4 rings (SSSR count). The quantitative estimate of drug-likeness (QED) is 0.683. The van der Waals surface area contributed by atoms with E-state index in [1.54, 1.807) is 12.3 Å². The molecule has 1 amide bonds. The molecule has 1 N–H and O–H groups in total. The Bertz CT molecular complexity index is 971. The molecule has 27 heavy (non-hydrogen) atoms. The highest BCUT2D eigenvalue weighted by Crippen LogP contribution is 2.32. The van der Waals surface area contributed by atoms with E-state index in [1.165, 1.54) is 11.8 Å². The van der Waals surface area contributed by atoms with Crippen molar-refractivity contribution in [3.63, 3.8) is 0 Å². The van der Waals surface area contributed by atoms with Crippen LogP contribution in [0.4, 0.5) is 5.69 Å². The number of aromatic nitrogens is 2. The van der Waals surface area contributed by atoms with E-state index in [4.69, 9.17) is 9.47 Å². The van der Waals surface area contributed by atoms with Gasteiger partial charge in [-0.3, -0.25) is 9.36 Å². The molecule has 0 unspecified atom stereocenters. The minimum atomic E-state index is -0.101. The Morgan fingerprint density at radius 3 is 2.85 bits per heavy atom. The Labute approximate surface area is 161 Å². The lowest BCUT2D eigenvalue weighted by Crippen LogP contribution is -2.17. The molecule has 0 fully saturated rings. The van der Waals surface area contributed by atoms with E-state index in [9.17, 15) is 4.79 Å². The maximum atomic E-state index is 12.3. The average Bonchev–Trinajstić information content (AvgIpc) is 3.15. The maximum absolute atomic E-state index is 12.3. The summed E-state index contributed by atoms with van der Waals surface area (Å²) >= 11 is 1.40. The minimum absolute atomic E-state index is 0.101. The number of nitrogens with one attached hydrogen (secondary N) is 1. The van der Waals surface area contributed by atoms with Crippen LogP contribution in [0.2, 0.25) is 0 Å². The van der Waals surface area contributed by atoms with E-state index in [-0.39, 0.29) is 11.7 Å². The van der Waals surface area contributed by atoms with E-state index in [2.05, 4.69) is 23.3 Å². The number of benzene rings is 2. The van der Waals surface area contributed by atoms with Crippen molar-refractivity contribution < 1.29 is 14.3 Å². The van der Waals surface area contributed by atoms with Crippen LogP contribution in [0, 0.1) is 6.92 Å². The molecule has 0 saturated carbocycles. The highest BCUT2D eigenvalue weighted by atomic mass is 32.2. The van der Waals surface area contributed by atoms with Crippen LogP contribution in [0.1, 0.15) is 5.56 Å². The number of aryl methyl sites for hydroxylation is 1. The zero-order valence-electron chi connectivity index (χ0n) is 14.8. The van der Waals surface area contributed by atoms with Crippen LogP contribution < -0.4 is 14.8 Å². The zero-order valence-corrected chi connectivity index (χ0v) is 15.7. The van der Waals surface area contributed by atoms with Gasteiger partial charge in [-0.25, -0.2) is 4.98 Å². The maximum Gasteiger partial charge on any atom is 0.234 e. The fourth-order valence-corrected chi connectivity index (χ4v) is 3.63. The molecule has 0 aliphatic carbocycles. The van der Waals surface area contributed by atoms with Crippen LogP contribution in [0.15, 0.2) is 60.0 Å². The second kappa shape index (κ2) is 7.75. The summed E-state index contributed by atoms with van der Waals surface area (Å²) in [5.41, 5.74) is 2.90. The Morgan fingerprint density at radius 2 is 2.00 bits per heavy atom. The van der Waals surface area contributed by atoms with Gasteiger partial charge in [0.25, 0.3) is 0 Å². The third-order valence-electron chi connectivity index (χ3n) is 4.14. The number of thioether (sulfide) groups is 1. The normalized spacial score (nSPS) is 12.6. The number of amides is 1. The van der Waals surface area contributed by atoms with Gasteiger partial charge in [-0.15, -0.1) is 0 Å². The molecular weight excluding hydrogens is 362 g/mol. The lowest BCUT2D eigenvalue weighted by molar-refractivity contribution is -0.113. The molecule has 0 saturated heterocycles. The largest absolute Gasteiger partial charge is 0.486 e. The van der Waals surface area contributed by atoms with Gasteiger partial charge in [0.05, 0.1) is 11.4 Å². The van der Waals surface area contributed by atoms with Crippen molar-refractivity contribution in [2.45, 2.75) is 12.1 Å². The molecule has 2 aromatic carbocycles. The third-order valence-corrected chi connectivity index (χ3v) is 5.11. The zero-order chi connectivity index (χ0) is 18.6. The van der Waals surface area contributed by atoms with Gasteiger partial charge < -0.3 is 14.8 Å². The van der Waals surface area contributed by atoms with E-state index >= 15 is 0 Å². The first-order valence-electron chi connectivity index (χ1n) is 8.62. The van der Waals surface area contributed by atoms with Crippen molar-refractivity contribution in [3.05, 3.63) is 60.4 Å². The predicted molar refractivity (Wildman–Crippen MR) is 105 cm³/mol. The van der Waals surface area contributed by atoms with Gasteiger partial charge >= 0.3 is 0 Å². The number of hydrogen-bond donors (Lipinski definition) is 1. The van der Waals surface area contributed by atoms with Crippen LogP contribution in [0.3, 0.4) is 0 Å². The molecule has 0 bridgehead atoms. The number of carbonyl (C=O) groups is 1. The average molecular weight is 381 g/mol. The standard InChI is InChI=1S/C20H19N3O3S/c1-14-4-2-3-5-16(14)23-9-8-21-20(23)27-13-19(24)22-15-6-7-17-18(12-15)26-11-10-25-17/h2-9,12H,10-11,13H2,1H3,(H,22,24). The second-order valence-electron chi connectivity index (χ2n) is 6.06. The Morgan fingerprint density at radius 1 is 1.19 bits per heavy atom. The van der Waals surface area contributed by atoms with Crippen molar-refractivity contribution in [3.8, 4) is 17.2 Å². The Kier molecular flexibility index (Phi) is 5.02. The number of carbonyl (C=O) groups excluding carboxylic acids is 1. The van der Waals surface area contributed by atoms with E-state index < -0.39 is 0 Å². The summed E-state index contributed by atoms with van der Waals surface area (Å²) in [6.07, 6.45) is 3.65. The summed E-state index contributed by atoms with van der Waals surface area (Å²) < 4.78 is 13.0. The van der Waals surface area contributed by atoms with Crippen molar-refractivity contribution in [2.24, 2.45) is 0 Å². The van der Waals surface area contributed by atoms with Crippen LogP contribution in [0.25, 0.3) is 5.69 Å². The monoisotopic (exact) mass is 381 g/mol. The molecule has 138 valence electrons. The van der Waals surface area contributed by atoms with Gasteiger partial charge in [0.2, 0.25) is 5.91 Å². The molecule has 0 atom stereocenters. The fourth-order valence-electron chi connectivity index (χ4n) is 2.86. The van der Waals surface area contributed by atoms with Gasteiger partial charge in [0.15, 0.2) is 16.7 Å². The number of anilines is 1. The number of fused-ring (bicyclic) bond motifs is 1. The van der Waals surface area contributed by atoms with Gasteiger partial charge in [0.1, 0.15) is 13.2 Å². The number of rotatable bonds is 5. The van der Waals surface area contributed by atoms with Gasteiger partial charge in [-0.05, 0) is 30.7 Å². The molecule has 0 radical (unpaired) electrons. The molecule has 3 aromatic rings. The fraction of sp³-hybridized carbons (Fsp3) is 0.200. The first-order chi connectivity index (χ1) is 13.2. The molecule has 1 aromatic heterocycles. The van der Waals surface area contributed by atoms with Gasteiger partial charge in [-0.1, -0.05) is 30.0 Å². The molecule has 7 heteroatoms. The van der Waals surface area contributed by atoms with Crippen LogP contribution in [0.5, 0.6) is 11.5 Å². The summed E-state index contributed by atoms with van der Waals surface area (Å²) in [6, 6.07) is 13.5. The molecule has 2 heterocycles. The van der Waals surface area contributed by atoms with Crippen LogP contribution in [-0.2, 0) is 4.79 Å². The van der Waals surface area contributed by atoms with Crippen molar-refractivity contribution in [2.75, 3.05) is 24.3 Å². The first-order valence-corrected chi connectivity index (χ1v) is 9.61. The summed E-state index contributed by atoms with van der Waals surface area (Å²) in [5, 5.41) is 3.67. The van der Waals surface area contributed by atoms with Crippen LogP contribution >= 0.6 is 11.8 Å². The second-order valence-corrected chi connectivity index (χ2v) is 7.00. The number of para-hydroxylation sites is 1. The van der Waals surface area contributed by atoms with Gasteiger partial charge in [0, 0.05) is 24.1 Å². The van der Waals surface area contributed by atoms with E-state index in [1.807, 2.05) is 41.1 Å². The van der Waals surface area contributed by atoms with Crippen molar-refractivity contribution >= 4 is 23.4 Å². The SMILES string of the molecule is Cc1ccccc1-n1ccnc1SCC(=O)Nc1ccc2c(c1)OCCO2. The number of nitrogens with zero attached hydrogens (tertiary/aromatic N) is 2. The minimum Gasteiger partial charge on any atom is -0.486 e. The molecular formula is C20H19N3O3S. The van der Waals surface area contributed by atoms with E-state index in [0.29, 0.717) is 30.4 Å². The summed E-state index contributed by atoms with van der Waals surface area (Å²) in [7, 11) is 0. The predicted octanol–water partition coefficient (Wildman–Crippen LogP) is 3.68. The molecule has 6 nitrogen and oxygen atoms in total. The number of hydrogen-bond acceptors (Lipinski definition) is 5. The van der Waals surface area contributed by atoms with Crippen molar-refractivity contribution in [1.82, 2.24) is 9.55 Å². The summed E-state index contributed by atoms with van der Waals surface area (Å²) in [5.74, 6) is 1.52. The Hall–Kier alpha value is -2.93. The molecule has 1 aliphatic rings. The van der Waals surface area contributed by atoms with Crippen molar-refractivity contribution in [1.29, 1.82) is 0 Å². The Balaban J connectivity index is 1.41. The van der Waals surface area contributed by atoms with Gasteiger partial charge in [-0.2, -0.15) is 0 Å². The third kappa shape index (κ3) is 3.93. The topological polar surface area (TPSA) is 65.4 Å². The first kappa shape index (κ1) is 17.5. The molecule has 1 aliphatic heterocycles. The highest BCUT2D eigenvalue weighted by molar-refractivity contribution is 7.99. The molecule has 0 spiro atoms. The lowest BCUT2D eigenvalue weighted by atomic mass is 10.2. The smallest absolute Gasteiger partial charge is 0.234 e. The van der Waals surface area contributed by atoms with Crippen LogP contribution in [-0.4, -0.2) is 34.4 Å². The summed E-state index contributed by atoms with van der Waals surface area (Å²) in [4.78, 5) is 16.7. The lowest BCUT2D eigenvalue weighted by Gasteiger charge is -2.19. The summed E-state index contributed by atoms with van der Waals surface area (Å²) in [6.45, 7) is 3.11. The van der Waals surface area contributed by atoms with E-state index in [0.717, 1.165) is 16.4 Å².